The first kappa shape index (κ1) is 11.5. The molecule has 80 valence electrons. The lowest BCUT2D eigenvalue weighted by Gasteiger charge is -2.18. The summed E-state index contributed by atoms with van der Waals surface area (Å²) in [5, 5.41) is 8.98. The van der Waals surface area contributed by atoms with Crippen LogP contribution in [0.2, 0.25) is 0 Å². The lowest BCUT2D eigenvalue weighted by molar-refractivity contribution is 0.337. The molecule has 0 aliphatic carbocycles. The van der Waals surface area contributed by atoms with Crippen molar-refractivity contribution in [2.45, 2.75) is 33.1 Å². The van der Waals surface area contributed by atoms with Crippen molar-refractivity contribution < 1.29 is 4.74 Å². The monoisotopic (exact) mass is 204 g/mol. The maximum atomic E-state index is 8.98. The molecule has 1 rings (SSSR count). The van der Waals surface area contributed by atoms with Gasteiger partial charge in [-0.15, -0.1) is 0 Å². The summed E-state index contributed by atoms with van der Waals surface area (Å²) in [5.74, 6) is 0.563. The van der Waals surface area contributed by atoms with Crippen molar-refractivity contribution in [3.8, 4) is 11.8 Å². The third kappa shape index (κ3) is 2.69. The average Bonchev–Trinajstić information content (AvgIpc) is 2.17. The summed E-state index contributed by atoms with van der Waals surface area (Å²) in [5.41, 5.74) is 1.41. The van der Waals surface area contributed by atoms with Crippen LogP contribution in [0.5, 0.6) is 5.75 Å². The zero-order chi connectivity index (χ0) is 11.5. The number of rotatable bonds is 2. The first-order valence-electron chi connectivity index (χ1n) is 5.02. The van der Waals surface area contributed by atoms with Gasteiger partial charge < -0.3 is 4.74 Å². The zero-order valence-corrected chi connectivity index (χ0v) is 9.66. The third-order valence-electron chi connectivity index (χ3n) is 2.06. The molecule has 0 aromatic carbocycles. The van der Waals surface area contributed by atoms with Gasteiger partial charge in [0.2, 0.25) is 0 Å². The second-order valence-corrected chi connectivity index (χ2v) is 4.36. The molecule has 0 aliphatic rings. The minimum absolute atomic E-state index is 0.0453. The maximum Gasteiger partial charge on any atom is 0.155 e. The van der Waals surface area contributed by atoms with Crippen molar-refractivity contribution in [1.82, 2.24) is 4.98 Å². The van der Waals surface area contributed by atoms with Gasteiger partial charge in [-0.1, -0.05) is 20.8 Å². The van der Waals surface area contributed by atoms with E-state index in [-0.39, 0.29) is 5.41 Å². The van der Waals surface area contributed by atoms with Crippen LogP contribution < -0.4 is 4.74 Å². The number of nitriles is 1. The van der Waals surface area contributed by atoms with Gasteiger partial charge in [0, 0.05) is 11.1 Å². The molecule has 1 aromatic rings. The highest BCUT2D eigenvalue weighted by molar-refractivity contribution is 5.43. The van der Waals surface area contributed by atoms with Crippen molar-refractivity contribution >= 4 is 0 Å². The van der Waals surface area contributed by atoms with Gasteiger partial charge in [0.25, 0.3) is 0 Å². The second-order valence-electron chi connectivity index (χ2n) is 4.36. The highest BCUT2D eigenvalue weighted by Crippen LogP contribution is 2.25. The summed E-state index contributed by atoms with van der Waals surface area (Å²) >= 11 is 0. The Bertz CT molecular complexity index is 386. The lowest BCUT2D eigenvalue weighted by atomic mass is 9.91. The zero-order valence-electron chi connectivity index (χ0n) is 9.66. The highest BCUT2D eigenvalue weighted by atomic mass is 16.5. The Balaban J connectivity index is 3.15. The van der Waals surface area contributed by atoms with E-state index in [0.29, 0.717) is 17.9 Å². The summed E-state index contributed by atoms with van der Waals surface area (Å²) in [6.45, 7) is 8.63. The summed E-state index contributed by atoms with van der Waals surface area (Å²) in [6.07, 6.45) is 1.63. The van der Waals surface area contributed by atoms with Crippen LogP contribution in [0, 0.1) is 11.3 Å². The fourth-order valence-corrected chi connectivity index (χ4v) is 1.21. The Morgan fingerprint density at radius 2 is 2.13 bits per heavy atom. The maximum absolute atomic E-state index is 8.98. The van der Waals surface area contributed by atoms with Crippen LogP contribution in [0.3, 0.4) is 0 Å². The molecule has 1 aromatic heterocycles. The SMILES string of the molecule is CCOc1cnc(C(C)(C)C)cc1C#N. The van der Waals surface area contributed by atoms with Gasteiger partial charge >= 0.3 is 0 Å². The van der Waals surface area contributed by atoms with E-state index in [0.717, 1.165) is 5.69 Å². The fourth-order valence-electron chi connectivity index (χ4n) is 1.21. The lowest BCUT2D eigenvalue weighted by Crippen LogP contribution is -2.14. The average molecular weight is 204 g/mol. The van der Waals surface area contributed by atoms with E-state index in [1.165, 1.54) is 0 Å². The van der Waals surface area contributed by atoms with Gasteiger partial charge in [0.15, 0.2) is 5.75 Å². The number of nitrogens with zero attached hydrogens (tertiary/aromatic N) is 2. The summed E-state index contributed by atoms with van der Waals surface area (Å²) in [4.78, 5) is 4.30. The first-order chi connectivity index (χ1) is 6.99. The minimum atomic E-state index is -0.0453. The topological polar surface area (TPSA) is 45.9 Å². The molecule has 0 aliphatic heterocycles. The van der Waals surface area contributed by atoms with Gasteiger partial charge in [-0.2, -0.15) is 5.26 Å². The quantitative estimate of drug-likeness (QED) is 0.744. The Morgan fingerprint density at radius 1 is 1.47 bits per heavy atom. The van der Waals surface area contributed by atoms with Gasteiger partial charge in [-0.25, -0.2) is 0 Å². The molecule has 0 atom stereocenters. The molecule has 0 N–H and O–H groups in total. The molecular weight excluding hydrogens is 188 g/mol. The molecule has 3 heteroatoms. The molecule has 0 amide bonds. The van der Waals surface area contributed by atoms with Crippen LogP contribution in [0.25, 0.3) is 0 Å². The summed E-state index contributed by atoms with van der Waals surface area (Å²) < 4.78 is 5.31. The van der Waals surface area contributed by atoms with Crippen LogP contribution in [-0.4, -0.2) is 11.6 Å². The molecular formula is C12H16N2O. The Labute approximate surface area is 90.7 Å². The molecule has 1 heterocycles. The minimum Gasteiger partial charge on any atom is -0.491 e. The Kier molecular flexibility index (Phi) is 3.31. The largest absolute Gasteiger partial charge is 0.491 e. The van der Waals surface area contributed by atoms with Gasteiger partial charge in [0.05, 0.1) is 18.4 Å². The van der Waals surface area contributed by atoms with Crippen molar-refractivity contribution in [3.63, 3.8) is 0 Å². The summed E-state index contributed by atoms with van der Waals surface area (Å²) in [7, 11) is 0. The summed E-state index contributed by atoms with van der Waals surface area (Å²) in [6, 6.07) is 3.92. The van der Waals surface area contributed by atoms with Crippen LogP contribution in [0.15, 0.2) is 12.3 Å². The molecule has 0 unspecified atom stereocenters. The Morgan fingerprint density at radius 3 is 2.60 bits per heavy atom. The standard InChI is InChI=1S/C12H16N2O/c1-5-15-10-8-14-11(12(2,3)4)6-9(10)7-13/h6,8H,5H2,1-4H3. The highest BCUT2D eigenvalue weighted by Gasteiger charge is 2.17. The van der Waals surface area contributed by atoms with E-state index in [2.05, 4.69) is 31.8 Å². The van der Waals surface area contributed by atoms with E-state index in [9.17, 15) is 0 Å². The van der Waals surface area contributed by atoms with E-state index < -0.39 is 0 Å². The van der Waals surface area contributed by atoms with Crippen LogP contribution in [0.4, 0.5) is 0 Å². The van der Waals surface area contributed by atoms with E-state index in [4.69, 9.17) is 10.00 Å². The molecule has 0 spiro atoms. The van der Waals surface area contributed by atoms with Crippen molar-refractivity contribution in [2.75, 3.05) is 6.61 Å². The third-order valence-corrected chi connectivity index (χ3v) is 2.06. The number of hydrogen-bond acceptors (Lipinski definition) is 3. The molecule has 15 heavy (non-hydrogen) atoms. The molecule has 0 bridgehead atoms. The van der Waals surface area contributed by atoms with Crippen molar-refractivity contribution in [3.05, 3.63) is 23.5 Å². The normalized spacial score (nSPS) is 10.9. The van der Waals surface area contributed by atoms with E-state index >= 15 is 0 Å². The first-order valence-corrected chi connectivity index (χ1v) is 5.02. The van der Waals surface area contributed by atoms with Crippen molar-refractivity contribution in [2.24, 2.45) is 0 Å². The van der Waals surface area contributed by atoms with Crippen LogP contribution in [0.1, 0.15) is 39.0 Å². The smallest absolute Gasteiger partial charge is 0.155 e. The molecule has 0 fully saturated rings. The van der Waals surface area contributed by atoms with E-state index in [1.54, 1.807) is 12.3 Å². The van der Waals surface area contributed by atoms with Crippen LogP contribution >= 0.6 is 0 Å². The molecule has 0 saturated heterocycles. The number of aromatic nitrogens is 1. The van der Waals surface area contributed by atoms with Gasteiger partial charge in [0.1, 0.15) is 6.07 Å². The van der Waals surface area contributed by atoms with Gasteiger partial charge in [-0.05, 0) is 13.0 Å². The fraction of sp³-hybridized carbons (Fsp3) is 0.500. The van der Waals surface area contributed by atoms with E-state index in [1.807, 2.05) is 6.92 Å². The molecule has 0 saturated carbocycles. The number of hydrogen-bond donors (Lipinski definition) is 0. The predicted octanol–water partition coefficient (Wildman–Crippen LogP) is 2.65. The Hall–Kier alpha value is -1.56. The molecule has 0 radical (unpaired) electrons. The van der Waals surface area contributed by atoms with Crippen molar-refractivity contribution in [1.29, 1.82) is 5.26 Å². The second kappa shape index (κ2) is 4.31. The van der Waals surface area contributed by atoms with Gasteiger partial charge in [-0.3, -0.25) is 4.98 Å². The molecule has 3 nitrogen and oxygen atoms in total. The number of pyridine rings is 1. The number of ether oxygens (including phenoxy) is 1. The predicted molar refractivity (Wildman–Crippen MR) is 58.8 cm³/mol. The van der Waals surface area contributed by atoms with Crippen LogP contribution in [-0.2, 0) is 5.41 Å².